The fourth-order valence-electron chi connectivity index (χ4n) is 3.19. The minimum absolute atomic E-state index is 0.117. The van der Waals surface area contributed by atoms with Crippen LogP contribution >= 0.6 is 11.6 Å². The van der Waals surface area contributed by atoms with Crippen molar-refractivity contribution < 1.29 is 4.74 Å². The highest BCUT2D eigenvalue weighted by atomic mass is 35.5. The number of para-hydroxylation sites is 1. The number of hydrogen-bond donors (Lipinski definition) is 0. The van der Waals surface area contributed by atoms with Gasteiger partial charge in [-0.05, 0) is 32.9 Å². The number of fused-ring (bicyclic) bond motifs is 1. The van der Waals surface area contributed by atoms with Gasteiger partial charge in [0.15, 0.2) is 0 Å². The highest BCUT2D eigenvalue weighted by Gasteiger charge is 2.31. The third-order valence-corrected chi connectivity index (χ3v) is 4.11. The minimum atomic E-state index is -0.117. The van der Waals surface area contributed by atoms with Crippen molar-refractivity contribution in [1.29, 1.82) is 0 Å². The summed E-state index contributed by atoms with van der Waals surface area (Å²) in [5.41, 5.74) is 1.91. The van der Waals surface area contributed by atoms with E-state index in [4.69, 9.17) is 16.3 Å². The van der Waals surface area contributed by atoms with E-state index in [9.17, 15) is 0 Å². The van der Waals surface area contributed by atoms with Gasteiger partial charge in [0.05, 0.1) is 17.2 Å². The summed E-state index contributed by atoms with van der Waals surface area (Å²) < 4.78 is 5.95. The topological polar surface area (TPSA) is 25.4 Å². The Labute approximate surface area is 130 Å². The van der Waals surface area contributed by atoms with Crippen molar-refractivity contribution in [2.45, 2.75) is 39.0 Å². The highest BCUT2D eigenvalue weighted by molar-refractivity contribution is 6.30. The predicted octanol–water partition coefficient (Wildman–Crippen LogP) is 3.89. The zero-order valence-corrected chi connectivity index (χ0v) is 13.5. The lowest BCUT2D eigenvalue weighted by Crippen LogP contribution is -2.51. The first-order valence-corrected chi connectivity index (χ1v) is 7.75. The van der Waals surface area contributed by atoms with Gasteiger partial charge in [-0.25, -0.2) is 4.98 Å². The van der Waals surface area contributed by atoms with Crippen LogP contribution in [0.2, 0.25) is 5.15 Å². The lowest BCUT2D eigenvalue weighted by atomic mass is 10.0. The summed E-state index contributed by atoms with van der Waals surface area (Å²) >= 11 is 6.36. The Morgan fingerprint density at radius 2 is 2.14 bits per heavy atom. The number of pyridine rings is 1. The normalized spacial score (nSPS) is 22.6. The van der Waals surface area contributed by atoms with Gasteiger partial charge in [-0.2, -0.15) is 0 Å². The SMILES string of the molecule is CC1CN(Cc2cc3ccccc3nc2Cl)CC(C)(C)O1. The number of rotatable bonds is 2. The van der Waals surface area contributed by atoms with Crippen LogP contribution in [-0.4, -0.2) is 34.7 Å². The molecule has 2 heterocycles. The molecule has 0 spiro atoms. The van der Waals surface area contributed by atoms with Gasteiger partial charge in [0.2, 0.25) is 0 Å². The standard InChI is InChI=1S/C17H21ClN2O/c1-12-9-20(11-17(2,3)21-12)10-14-8-13-6-4-5-7-15(13)19-16(14)18/h4-8,12H,9-11H2,1-3H3. The molecule has 112 valence electrons. The first-order chi connectivity index (χ1) is 9.93. The maximum atomic E-state index is 6.36. The number of benzene rings is 1. The number of hydrogen-bond acceptors (Lipinski definition) is 3. The molecule has 1 aromatic heterocycles. The molecule has 1 aliphatic rings. The fourth-order valence-corrected chi connectivity index (χ4v) is 3.40. The third-order valence-electron chi connectivity index (χ3n) is 3.78. The summed E-state index contributed by atoms with van der Waals surface area (Å²) in [5, 5.41) is 1.74. The molecular formula is C17H21ClN2O. The van der Waals surface area contributed by atoms with Crippen molar-refractivity contribution in [2.24, 2.45) is 0 Å². The Morgan fingerprint density at radius 3 is 2.90 bits per heavy atom. The molecule has 0 radical (unpaired) electrons. The van der Waals surface area contributed by atoms with Crippen LogP contribution in [0.4, 0.5) is 0 Å². The molecule has 4 heteroatoms. The largest absolute Gasteiger partial charge is 0.370 e. The van der Waals surface area contributed by atoms with Gasteiger partial charge < -0.3 is 4.74 Å². The summed E-state index contributed by atoms with van der Waals surface area (Å²) in [6, 6.07) is 10.2. The average Bonchev–Trinajstić information content (AvgIpc) is 2.37. The van der Waals surface area contributed by atoms with Crippen LogP contribution in [0.3, 0.4) is 0 Å². The zero-order chi connectivity index (χ0) is 15.0. The Morgan fingerprint density at radius 1 is 1.38 bits per heavy atom. The van der Waals surface area contributed by atoms with Crippen LogP contribution in [-0.2, 0) is 11.3 Å². The van der Waals surface area contributed by atoms with Crippen molar-refractivity contribution in [2.75, 3.05) is 13.1 Å². The van der Waals surface area contributed by atoms with Crippen molar-refractivity contribution in [3.8, 4) is 0 Å². The second-order valence-electron chi connectivity index (χ2n) is 6.49. The second-order valence-corrected chi connectivity index (χ2v) is 6.85. The summed E-state index contributed by atoms with van der Waals surface area (Å²) in [5.74, 6) is 0. The van der Waals surface area contributed by atoms with Crippen LogP contribution in [0, 0.1) is 0 Å². The van der Waals surface area contributed by atoms with Gasteiger partial charge in [0.25, 0.3) is 0 Å². The Hall–Kier alpha value is -1.16. The molecule has 0 N–H and O–H groups in total. The first kappa shape index (κ1) is 14.8. The Bertz CT molecular complexity index is 656. The van der Waals surface area contributed by atoms with Gasteiger partial charge in [-0.15, -0.1) is 0 Å². The maximum Gasteiger partial charge on any atom is 0.134 e. The number of nitrogens with zero attached hydrogens (tertiary/aromatic N) is 2. The molecule has 1 unspecified atom stereocenters. The number of ether oxygens (including phenoxy) is 1. The predicted molar refractivity (Wildman–Crippen MR) is 86.7 cm³/mol. The molecule has 1 aliphatic heterocycles. The molecule has 0 amide bonds. The van der Waals surface area contributed by atoms with Crippen molar-refractivity contribution in [1.82, 2.24) is 9.88 Å². The van der Waals surface area contributed by atoms with Gasteiger partial charge in [-0.3, -0.25) is 4.90 Å². The van der Waals surface area contributed by atoms with E-state index in [1.165, 1.54) is 0 Å². The molecule has 1 fully saturated rings. The van der Waals surface area contributed by atoms with Crippen LogP contribution in [0.25, 0.3) is 10.9 Å². The summed E-state index contributed by atoms with van der Waals surface area (Å²) in [7, 11) is 0. The van der Waals surface area contributed by atoms with Crippen molar-refractivity contribution in [3.63, 3.8) is 0 Å². The van der Waals surface area contributed by atoms with E-state index in [2.05, 4.69) is 42.8 Å². The van der Waals surface area contributed by atoms with E-state index in [1.54, 1.807) is 0 Å². The first-order valence-electron chi connectivity index (χ1n) is 7.37. The molecule has 2 aromatic rings. The summed E-state index contributed by atoms with van der Waals surface area (Å²) in [6.07, 6.45) is 0.237. The molecule has 1 atom stereocenters. The van der Waals surface area contributed by atoms with Crippen LogP contribution in [0.1, 0.15) is 26.3 Å². The van der Waals surface area contributed by atoms with E-state index in [1.807, 2.05) is 18.2 Å². The molecule has 1 aromatic carbocycles. The zero-order valence-electron chi connectivity index (χ0n) is 12.8. The average molecular weight is 305 g/mol. The van der Waals surface area contributed by atoms with Crippen LogP contribution in [0.15, 0.2) is 30.3 Å². The monoisotopic (exact) mass is 304 g/mol. The van der Waals surface area contributed by atoms with E-state index in [0.29, 0.717) is 5.15 Å². The maximum absolute atomic E-state index is 6.36. The molecular weight excluding hydrogens is 284 g/mol. The molecule has 0 aliphatic carbocycles. The number of halogens is 1. The number of aromatic nitrogens is 1. The quantitative estimate of drug-likeness (QED) is 0.787. The molecule has 21 heavy (non-hydrogen) atoms. The van der Waals surface area contributed by atoms with Gasteiger partial charge in [0.1, 0.15) is 5.15 Å². The smallest absolute Gasteiger partial charge is 0.134 e. The molecule has 1 saturated heterocycles. The van der Waals surface area contributed by atoms with Crippen molar-refractivity contribution in [3.05, 3.63) is 41.0 Å². The molecule has 0 bridgehead atoms. The molecule has 0 saturated carbocycles. The Balaban J connectivity index is 1.85. The lowest BCUT2D eigenvalue weighted by molar-refractivity contribution is -0.130. The minimum Gasteiger partial charge on any atom is -0.370 e. The van der Waals surface area contributed by atoms with E-state index in [0.717, 1.165) is 36.1 Å². The highest BCUT2D eigenvalue weighted by Crippen LogP contribution is 2.26. The lowest BCUT2D eigenvalue weighted by Gasteiger charge is -2.41. The van der Waals surface area contributed by atoms with Gasteiger partial charge >= 0.3 is 0 Å². The summed E-state index contributed by atoms with van der Waals surface area (Å²) in [6.45, 7) is 9.03. The molecule has 3 rings (SSSR count). The second kappa shape index (κ2) is 5.56. The number of morpholine rings is 1. The summed E-state index contributed by atoms with van der Waals surface area (Å²) in [4.78, 5) is 6.90. The van der Waals surface area contributed by atoms with E-state index >= 15 is 0 Å². The van der Waals surface area contributed by atoms with Gasteiger partial charge in [-0.1, -0.05) is 29.8 Å². The third kappa shape index (κ3) is 3.37. The molecule has 3 nitrogen and oxygen atoms in total. The van der Waals surface area contributed by atoms with Gasteiger partial charge in [0, 0.05) is 30.6 Å². The Kier molecular flexibility index (Phi) is 3.91. The fraction of sp³-hybridized carbons (Fsp3) is 0.471. The van der Waals surface area contributed by atoms with Crippen LogP contribution < -0.4 is 0 Å². The van der Waals surface area contributed by atoms with E-state index < -0.39 is 0 Å². The van der Waals surface area contributed by atoms with E-state index in [-0.39, 0.29) is 11.7 Å². The van der Waals surface area contributed by atoms with Crippen LogP contribution in [0.5, 0.6) is 0 Å². The van der Waals surface area contributed by atoms with Crippen molar-refractivity contribution >= 4 is 22.5 Å².